The van der Waals surface area contributed by atoms with E-state index in [1.54, 1.807) is 59.4 Å². The standard InChI is InChI=1S/C29H29Cl2N5O4/c1-33-18-27(38)35-25(14-19-7-10-22(37)11-8-19)28(39)34(16-21-9-12-23(30)24(31)13-21)17-26(35)36(33)29(40)32-15-20-5-3-2-4-6-20/h2-13,25-26,37H,14-18H2,1H3,(H,32,40)/t25-,26-/m0/s1. The van der Waals surface area contributed by atoms with Crippen molar-refractivity contribution in [3.05, 3.63) is 99.5 Å². The van der Waals surface area contributed by atoms with E-state index in [9.17, 15) is 19.5 Å². The second kappa shape index (κ2) is 11.8. The molecule has 2 aliphatic heterocycles. The summed E-state index contributed by atoms with van der Waals surface area (Å²) in [4.78, 5) is 44.1. The third-order valence-corrected chi connectivity index (χ3v) is 7.90. The van der Waals surface area contributed by atoms with Gasteiger partial charge in [-0.15, -0.1) is 0 Å². The van der Waals surface area contributed by atoms with Crippen molar-refractivity contribution < 1.29 is 19.5 Å². The molecule has 0 aliphatic carbocycles. The topological polar surface area (TPSA) is 96.4 Å². The fourth-order valence-electron chi connectivity index (χ4n) is 5.22. The van der Waals surface area contributed by atoms with Crippen molar-refractivity contribution >= 4 is 41.0 Å². The van der Waals surface area contributed by atoms with Gasteiger partial charge in [-0.3, -0.25) is 9.59 Å². The Morgan fingerprint density at radius 1 is 0.950 bits per heavy atom. The molecule has 2 saturated heterocycles. The van der Waals surface area contributed by atoms with Crippen LogP contribution in [0.3, 0.4) is 0 Å². The predicted octanol–water partition coefficient (Wildman–Crippen LogP) is 3.88. The van der Waals surface area contributed by atoms with E-state index in [1.807, 2.05) is 30.3 Å². The molecule has 2 fully saturated rings. The average molecular weight is 582 g/mol. The number of hydrogen-bond acceptors (Lipinski definition) is 5. The highest BCUT2D eigenvalue weighted by atomic mass is 35.5. The smallest absolute Gasteiger partial charge is 0.334 e. The molecule has 0 spiro atoms. The number of hydrogen-bond donors (Lipinski definition) is 2. The SMILES string of the molecule is CN1CC(=O)N2[C@@H](Cc3ccc(O)cc3)C(=O)N(Cc3ccc(Cl)c(Cl)c3)C[C@@H]2N1C(=O)NCc1ccccc1. The number of likely N-dealkylation sites (N-methyl/N-ethyl adjacent to an activating group) is 1. The zero-order valence-electron chi connectivity index (χ0n) is 21.8. The van der Waals surface area contributed by atoms with Crippen LogP contribution in [0.25, 0.3) is 0 Å². The zero-order chi connectivity index (χ0) is 28.4. The molecule has 2 aliphatic rings. The maximum absolute atomic E-state index is 13.9. The average Bonchev–Trinajstić information content (AvgIpc) is 2.93. The van der Waals surface area contributed by atoms with Gasteiger partial charge in [0.05, 0.1) is 23.1 Å². The van der Waals surface area contributed by atoms with E-state index < -0.39 is 12.2 Å². The number of hydrazine groups is 1. The van der Waals surface area contributed by atoms with Gasteiger partial charge in [0.2, 0.25) is 11.8 Å². The maximum Gasteiger partial charge on any atom is 0.334 e. The summed E-state index contributed by atoms with van der Waals surface area (Å²) in [5.41, 5.74) is 2.49. The number of carbonyl (C=O) groups is 3. The maximum atomic E-state index is 13.9. The molecule has 0 aromatic heterocycles. The van der Waals surface area contributed by atoms with Gasteiger partial charge in [0.15, 0.2) is 0 Å². The minimum atomic E-state index is -0.850. The largest absolute Gasteiger partial charge is 0.508 e. The third-order valence-electron chi connectivity index (χ3n) is 7.16. The Morgan fingerprint density at radius 3 is 2.35 bits per heavy atom. The van der Waals surface area contributed by atoms with Crippen LogP contribution in [0.5, 0.6) is 5.75 Å². The molecule has 2 N–H and O–H groups in total. The Kier molecular flexibility index (Phi) is 8.16. The monoisotopic (exact) mass is 581 g/mol. The minimum Gasteiger partial charge on any atom is -0.508 e. The van der Waals surface area contributed by atoms with Crippen LogP contribution in [-0.2, 0) is 29.1 Å². The Morgan fingerprint density at radius 2 is 1.65 bits per heavy atom. The first kappa shape index (κ1) is 27.8. The van der Waals surface area contributed by atoms with Crippen LogP contribution in [0.2, 0.25) is 10.0 Å². The summed E-state index contributed by atoms with van der Waals surface area (Å²) in [6.45, 7) is 0.596. The number of nitrogens with zero attached hydrogens (tertiary/aromatic N) is 4. The summed E-state index contributed by atoms with van der Waals surface area (Å²) in [6.07, 6.45) is -0.507. The van der Waals surface area contributed by atoms with E-state index in [4.69, 9.17) is 23.2 Å². The van der Waals surface area contributed by atoms with Crippen LogP contribution in [0, 0.1) is 0 Å². The first-order valence-electron chi connectivity index (χ1n) is 12.8. The summed E-state index contributed by atoms with van der Waals surface area (Å²) >= 11 is 12.3. The zero-order valence-corrected chi connectivity index (χ0v) is 23.3. The molecule has 208 valence electrons. The van der Waals surface area contributed by atoms with Gasteiger partial charge in [-0.25, -0.2) is 14.8 Å². The number of carbonyl (C=O) groups excluding carboxylic acids is 3. The Bertz CT molecular complexity index is 1410. The molecule has 40 heavy (non-hydrogen) atoms. The number of amides is 4. The first-order chi connectivity index (χ1) is 19.2. The second-order valence-electron chi connectivity index (χ2n) is 9.94. The molecule has 4 amide bonds. The van der Waals surface area contributed by atoms with E-state index in [2.05, 4.69) is 5.32 Å². The molecule has 3 aromatic rings. The van der Waals surface area contributed by atoms with Gasteiger partial charge in [0.1, 0.15) is 18.0 Å². The van der Waals surface area contributed by atoms with Crippen LogP contribution < -0.4 is 5.32 Å². The van der Waals surface area contributed by atoms with Crippen molar-refractivity contribution in [3.63, 3.8) is 0 Å². The number of phenolic OH excluding ortho intramolecular Hbond substituents is 1. The Balaban J connectivity index is 1.46. The molecular formula is C29H29Cl2N5O4. The number of fused-ring (bicyclic) bond motifs is 1. The lowest BCUT2D eigenvalue weighted by molar-refractivity contribution is -0.187. The summed E-state index contributed by atoms with van der Waals surface area (Å²) in [6, 6.07) is 20.0. The molecule has 11 heteroatoms. The number of halogens is 2. The number of urea groups is 1. The van der Waals surface area contributed by atoms with Crippen LogP contribution in [0.4, 0.5) is 4.79 Å². The molecule has 0 radical (unpaired) electrons. The Labute approximate surface area is 242 Å². The molecule has 0 bridgehead atoms. The molecule has 0 unspecified atom stereocenters. The summed E-state index contributed by atoms with van der Waals surface area (Å²) in [7, 11) is 1.69. The molecule has 5 rings (SSSR count). The number of phenols is 1. The van der Waals surface area contributed by atoms with Crippen molar-refractivity contribution in [3.8, 4) is 5.75 Å². The first-order valence-corrected chi connectivity index (χ1v) is 13.6. The van der Waals surface area contributed by atoms with Gasteiger partial charge in [0.25, 0.3) is 0 Å². The number of benzene rings is 3. The lowest BCUT2D eigenvalue weighted by Crippen LogP contribution is -2.76. The number of nitrogens with one attached hydrogen (secondary N) is 1. The molecule has 3 aromatic carbocycles. The fourth-order valence-corrected chi connectivity index (χ4v) is 5.54. The van der Waals surface area contributed by atoms with E-state index >= 15 is 0 Å². The summed E-state index contributed by atoms with van der Waals surface area (Å²) in [5, 5.41) is 16.6. The van der Waals surface area contributed by atoms with Crippen LogP contribution in [-0.4, -0.2) is 75.1 Å². The van der Waals surface area contributed by atoms with Crippen molar-refractivity contribution in [1.29, 1.82) is 0 Å². The normalized spacial score (nSPS) is 19.5. The second-order valence-corrected chi connectivity index (χ2v) is 10.8. The van der Waals surface area contributed by atoms with Gasteiger partial charge < -0.3 is 20.2 Å². The predicted molar refractivity (Wildman–Crippen MR) is 151 cm³/mol. The molecule has 9 nitrogen and oxygen atoms in total. The van der Waals surface area contributed by atoms with Crippen LogP contribution in [0.1, 0.15) is 16.7 Å². The Hall–Kier alpha value is -3.79. The highest BCUT2D eigenvalue weighted by Crippen LogP contribution is 2.30. The van der Waals surface area contributed by atoms with Gasteiger partial charge in [-0.1, -0.05) is 71.7 Å². The molecular weight excluding hydrogens is 553 g/mol. The highest BCUT2D eigenvalue weighted by Gasteiger charge is 2.50. The summed E-state index contributed by atoms with van der Waals surface area (Å²) < 4.78 is 0. The summed E-state index contributed by atoms with van der Waals surface area (Å²) in [5.74, 6) is -0.376. The van der Waals surface area contributed by atoms with Crippen molar-refractivity contribution in [2.75, 3.05) is 20.1 Å². The third kappa shape index (κ3) is 5.86. The lowest BCUT2D eigenvalue weighted by Gasteiger charge is -2.54. The van der Waals surface area contributed by atoms with E-state index in [1.165, 1.54) is 9.91 Å². The lowest BCUT2D eigenvalue weighted by atomic mass is 9.98. The van der Waals surface area contributed by atoms with Crippen molar-refractivity contribution in [1.82, 2.24) is 25.1 Å². The number of rotatable bonds is 6. The van der Waals surface area contributed by atoms with Gasteiger partial charge >= 0.3 is 6.03 Å². The van der Waals surface area contributed by atoms with Crippen LogP contribution >= 0.6 is 23.2 Å². The van der Waals surface area contributed by atoms with Gasteiger partial charge in [-0.05, 0) is 41.0 Å². The molecule has 2 atom stereocenters. The van der Waals surface area contributed by atoms with E-state index in [0.717, 1.165) is 16.7 Å². The van der Waals surface area contributed by atoms with E-state index in [0.29, 0.717) is 16.6 Å². The fraction of sp³-hybridized carbons (Fsp3) is 0.276. The number of piperazine rings is 1. The van der Waals surface area contributed by atoms with Gasteiger partial charge in [-0.2, -0.15) is 0 Å². The highest BCUT2D eigenvalue weighted by molar-refractivity contribution is 6.42. The molecule has 0 saturated carbocycles. The van der Waals surface area contributed by atoms with Crippen LogP contribution in [0.15, 0.2) is 72.8 Å². The molecule has 2 heterocycles. The number of aromatic hydroxyl groups is 1. The quantitative estimate of drug-likeness (QED) is 0.460. The van der Waals surface area contributed by atoms with E-state index in [-0.39, 0.29) is 49.7 Å². The minimum absolute atomic E-state index is 0.0542. The van der Waals surface area contributed by atoms with Crippen molar-refractivity contribution in [2.45, 2.75) is 31.7 Å². The van der Waals surface area contributed by atoms with Crippen molar-refractivity contribution in [2.24, 2.45) is 0 Å². The van der Waals surface area contributed by atoms with Gasteiger partial charge in [0, 0.05) is 26.6 Å².